The molecule has 2 aromatic carbocycles. The van der Waals surface area contributed by atoms with E-state index >= 15 is 0 Å². The number of benzene rings is 2. The molecule has 0 aliphatic carbocycles. The summed E-state index contributed by atoms with van der Waals surface area (Å²) in [6, 6.07) is 9.41. The van der Waals surface area contributed by atoms with Crippen LogP contribution in [0.4, 0.5) is 18.9 Å². The lowest BCUT2D eigenvalue weighted by Gasteiger charge is -2.26. The number of carbonyl (C=O) groups is 2. The van der Waals surface area contributed by atoms with Crippen LogP contribution in [-0.2, 0) is 30.5 Å². The summed E-state index contributed by atoms with van der Waals surface area (Å²) >= 11 is 0. The van der Waals surface area contributed by atoms with Crippen LogP contribution in [0.25, 0.3) is 0 Å². The summed E-state index contributed by atoms with van der Waals surface area (Å²) in [6.07, 6.45) is -4.75. The van der Waals surface area contributed by atoms with Gasteiger partial charge in [0.15, 0.2) is 6.61 Å². The predicted molar refractivity (Wildman–Crippen MR) is 106 cm³/mol. The molecule has 172 valence electrons. The third kappa shape index (κ3) is 5.64. The van der Waals surface area contributed by atoms with Crippen LogP contribution in [0.3, 0.4) is 0 Å². The molecule has 0 saturated carbocycles. The molecule has 32 heavy (non-hydrogen) atoms. The molecule has 0 atom stereocenters. The highest BCUT2D eigenvalue weighted by molar-refractivity contribution is 7.89. The number of esters is 1. The van der Waals surface area contributed by atoms with Gasteiger partial charge in [0.05, 0.1) is 29.2 Å². The Labute approximate surface area is 182 Å². The van der Waals surface area contributed by atoms with Crippen LogP contribution in [-0.4, -0.2) is 57.5 Å². The van der Waals surface area contributed by atoms with E-state index in [0.29, 0.717) is 13.2 Å². The minimum atomic E-state index is -4.75. The maximum absolute atomic E-state index is 13.0. The maximum atomic E-state index is 13.0. The van der Waals surface area contributed by atoms with Crippen LogP contribution < -0.4 is 5.32 Å². The molecule has 1 amide bonds. The summed E-state index contributed by atoms with van der Waals surface area (Å²) in [5.41, 5.74) is -1.64. The van der Waals surface area contributed by atoms with Crippen molar-refractivity contribution in [3.8, 4) is 0 Å². The van der Waals surface area contributed by atoms with Crippen molar-refractivity contribution in [2.24, 2.45) is 0 Å². The van der Waals surface area contributed by atoms with E-state index in [1.165, 1.54) is 34.6 Å². The Morgan fingerprint density at radius 3 is 2.28 bits per heavy atom. The number of halogens is 3. The first-order chi connectivity index (χ1) is 15.1. The Morgan fingerprint density at radius 2 is 1.66 bits per heavy atom. The Balaban J connectivity index is 1.58. The van der Waals surface area contributed by atoms with E-state index in [0.717, 1.165) is 18.2 Å². The van der Waals surface area contributed by atoms with Crippen molar-refractivity contribution in [3.05, 3.63) is 59.7 Å². The van der Waals surface area contributed by atoms with Crippen molar-refractivity contribution in [1.29, 1.82) is 0 Å². The Morgan fingerprint density at radius 1 is 1.03 bits per heavy atom. The molecule has 0 bridgehead atoms. The van der Waals surface area contributed by atoms with Gasteiger partial charge in [0.1, 0.15) is 0 Å². The lowest BCUT2D eigenvalue weighted by molar-refractivity contribution is -0.138. The second-order valence-corrected chi connectivity index (χ2v) is 8.65. The molecule has 8 nitrogen and oxygen atoms in total. The molecule has 1 aliphatic rings. The van der Waals surface area contributed by atoms with Gasteiger partial charge in [0.2, 0.25) is 10.0 Å². The van der Waals surface area contributed by atoms with Gasteiger partial charge < -0.3 is 14.8 Å². The monoisotopic (exact) mass is 472 g/mol. The van der Waals surface area contributed by atoms with Crippen molar-refractivity contribution in [2.45, 2.75) is 11.1 Å². The van der Waals surface area contributed by atoms with Gasteiger partial charge in [0, 0.05) is 18.8 Å². The predicted octanol–water partition coefficient (Wildman–Crippen LogP) is 2.52. The molecule has 1 saturated heterocycles. The number of ether oxygens (including phenoxy) is 2. The second kappa shape index (κ2) is 9.67. The number of sulfonamides is 1. The average Bonchev–Trinajstić information content (AvgIpc) is 2.78. The SMILES string of the molecule is O=C(COC(=O)c1ccccc1C(F)(F)F)Nc1ccc(S(=O)(=O)N2CCOCC2)cc1. The Hall–Kier alpha value is -2.96. The molecule has 1 aliphatic heterocycles. The van der Waals surface area contributed by atoms with Crippen LogP contribution in [0.1, 0.15) is 15.9 Å². The van der Waals surface area contributed by atoms with Crippen molar-refractivity contribution < 1.29 is 40.7 Å². The number of anilines is 1. The van der Waals surface area contributed by atoms with Gasteiger partial charge in [0.25, 0.3) is 5.91 Å². The zero-order valence-electron chi connectivity index (χ0n) is 16.6. The number of hydrogen-bond donors (Lipinski definition) is 1. The van der Waals surface area contributed by atoms with Crippen LogP contribution in [0, 0.1) is 0 Å². The van der Waals surface area contributed by atoms with Gasteiger partial charge in [-0.2, -0.15) is 17.5 Å². The van der Waals surface area contributed by atoms with Crippen LogP contribution in [0.5, 0.6) is 0 Å². The maximum Gasteiger partial charge on any atom is 0.417 e. The normalized spacial score (nSPS) is 15.2. The number of alkyl halides is 3. The smallest absolute Gasteiger partial charge is 0.417 e. The molecular formula is C20H19F3N2O6S. The third-order valence-electron chi connectivity index (χ3n) is 4.53. The standard InChI is InChI=1S/C20H19F3N2O6S/c21-20(22,23)17-4-2-1-3-16(17)19(27)31-13-18(26)24-14-5-7-15(8-6-14)32(28,29)25-9-11-30-12-10-25/h1-8H,9-13H2,(H,24,26). The summed E-state index contributed by atoms with van der Waals surface area (Å²) in [4.78, 5) is 24.0. The van der Waals surface area contributed by atoms with E-state index < -0.39 is 45.8 Å². The van der Waals surface area contributed by atoms with Crippen LogP contribution in [0.2, 0.25) is 0 Å². The molecule has 0 radical (unpaired) electrons. The van der Waals surface area contributed by atoms with Crippen LogP contribution >= 0.6 is 0 Å². The highest BCUT2D eigenvalue weighted by Crippen LogP contribution is 2.32. The number of rotatable bonds is 6. The molecule has 0 spiro atoms. The van der Waals surface area contributed by atoms with Gasteiger partial charge in [-0.3, -0.25) is 4.79 Å². The summed E-state index contributed by atoms with van der Waals surface area (Å²) in [5.74, 6) is -2.09. The first-order valence-electron chi connectivity index (χ1n) is 9.40. The molecule has 2 aromatic rings. The van der Waals surface area contributed by atoms with Gasteiger partial charge in [-0.1, -0.05) is 12.1 Å². The number of hydrogen-bond acceptors (Lipinski definition) is 6. The lowest BCUT2D eigenvalue weighted by Crippen LogP contribution is -2.40. The minimum absolute atomic E-state index is 0.0348. The fraction of sp³-hybridized carbons (Fsp3) is 0.300. The summed E-state index contributed by atoms with van der Waals surface area (Å²) in [7, 11) is -3.70. The minimum Gasteiger partial charge on any atom is -0.452 e. The number of amides is 1. The average molecular weight is 472 g/mol. The van der Waals surface area contributed by atoms with E-state index in [4.69, 9.17) is 4.74 Å². The van der Waals surface area contributed by atoms with Gasteiger partial charge in [-0.15, -0.1) is 0 Å². The fourth-order valence-electron chi connectivity index (χ4n) is 2.96. The van der Waals surface area contributed by atoms with E-state index in [1.807, 2.05) is 0 Å². The summed E-state index contributed by atoms with van der Waals surface area (Å²) in [5, 5.41) is 2.38. The number of morpholine rings is 1. The Bertz CT molecular complexity index is 1080. The fourth-order valence-corrected chi connectivity index (χ4v) is 4.37. The first-order valence-corrected chi connectivity index (χ1v) is 10.8. The van der Waals surface area contributed by atoms with Crippen molar-refractivity contribution in [1.82, 2.24) is 4.31 Å². The molecule has 3 rings (SSSR count). The van der Waals surface area contributed by atoms with Gasteiger partial charge in [-0.05, 0) is 36.4 Å². The zero-order chi connectivity index (χ0) is 23.4. The largest absolute Gasteiger partial charge is 0.452 e. The van der Waals surface area contributed by atoms with E-state index in [9.17, 15) is 31.2 Å². The molecular weight excluding hydrogens is 453 g/mol. The van der Waals surface area contributed by atoms with Crippen LogP contribution in [0.15, 0.2) is 53.4 Å². The quantitative estimate of drug-likeness (QED) is 0.649. The highest BCUT2D eigenvalue weighted by atomic mass is 32.2. The molecule has 0 unspecified atom stereocenters. The molecule has 1 N–H and O–H groups in total. The van der Waals surface area contributed by atoms with Gasteiger partial charge in [-0.25, -0.2) is 13.2 Å². The molecule has 12 heteroatoms. The van der Waals surface area contributed by atoms with Crippen molar-refractivity contribution >= 4 is 27.6 Å². The third-order valence-corrected chi connectivity index (χ3v) is 6.45. The first kappa shape index (κ1) is 23.7. The molecule has 0 aromatic heterocycles. The topological polar surface area (TPSA) is 102 Å². The summed E-state index contributed by atoms with van der Waals surface area (Å²) in [6.45, 7) is 0.269. The Kier molecular flexibility index (Phi) is 7.16. The van der Waals surface area contributed by atoms with Crippen molar-refractivity contribution in [3.63, 3.8) is 0 Å². The summed E-state index contributed by atoms with van der Waals surface area (Å²) < 4.78 is 75.3. The number of carbonyl (C=O) groups excluding carboxylic acids is 2. The number of nitrogens with one attached hydrogen (secondary N) is 1. The lowest BCUT2D eigenvalue weighted by atomic mass is 10.1. The molecule has 1 heterocycles. The second-order valence-electron chi connectivity index (χ2n) is 6.71. The van der Waals surface area contributed by atoms with E-state index in [2.05, 4.69) is 10.1 Å². The number of nitrogens with zero attached hydrogens (tertiary/aromatic N) is 1. The highest BCUT2D eigenvalue weighted by Gasteiger charge is 2.35. The molecule has 1 fully saturated rings. The van der Waals surface area contributed by atoms with E-state index in [-0.39, 0.29) is 23.7 Å². The zero-order valence-corrected chi connectivity index (χ0v) is 17.4. The van der Waals surface area contributed by atoms with Crippen molar-refractivity contribution in [2.75, 3.05) is 38.2 Å². The van der Waals surface area contributed by atoms with E-state index in [1.54, 1.807) is 0 Å². The van der Waals surface area contributed by atoms with Gasteiger partial charge >= 0.3 is 12.1 Å².